The second-order valence-electron chi connectivity index (χ2n) is 4.32. The van der Waals surface area contributed by atoms with Gasteiger partial charge in [0.05, 0.1) is 23.2 Å². The van der Waals surface area contributed by atoms with E-state index in [0.717, 1.165) is 21.6 Å². The maximum atomic E-state index is 12.1. The van der Waals surface area contributed by atoms with Gasteiger partial charge in [-0.05, 0) is 12.1 Å². The molecule has 3 aromatic rings. The number of rotatable bonds is 7. The van der Waals surface area contributed by atoms with E-state index in [1.165, 1.54) is 23.1 Å². The standard InChI is InChI=1S/C13H12N6OS3/c1-2-6-14-12-16-17-13(22-12)21-7-10(20)15-8-4-3-5-9-11(8)19-23-18-9/h2-5H,1,6-7H2,(H,14,16)(H,15,20). The highest BCUT2D eigenvalue weighted by Crippen LogP contribution is 2.26. The topological polar surface area (TPSA) is 92.7 Å². The van der Waals surface area contributed by atoms with Crippen LogP contribution in [0.2, 0.25) is 0 Å². The smallest absolute Gasteiger partial charge is 0.234 e. The molecule has 1 amide bonds. The van der Waals surface area contributed by atoms with Crippen molar-refractivity contribution in [3.8, 4) is 0 Å². The number of nitrogens with zero attached hydrogens (tertiary/aromatic N) is 4. The number of hydrogen-bond donors (Lipinski definition) is 2. The SMILES string of the molecule is C=CCNc1nnc(SCC(=O)Nc2cccc3nsnc23)s1. The van der Waals surface area contributed by atoms with E-state index in [-0.39, 0.29) is 11.7 Å². The predicted octanol–water partition coefficient (Wildman–Crippen LogP) is 2.87. The van der Waals surface area contributed by atoms with Crippen LogP contribution in [0.25, 0.3) is 11.0 Å². The van der Waals surface area contributed by atoms with Crippen molar-refractivity contribution in [2.24, 2.45) is 0 Å². The molecule has 0 bridgehead atoms. The largest absolute Gasteiger partial charge is 0.357 e. The van der Waals surface area contributed by atoms with Crippen molar-refractivity contribution in [3.63, 3.8) is 0 Å². The number of anilines is 2. The third kappa shape index (κ3) is 4.03. The van der Waals surface area contributed by atoms with Gasteiger partial charge in [0.15, 0.2) is 4.34 Å². The molecular formula is C13H12N6OS3. The van der Waals surface area contributed by atoms with Crippen molar-refractivity contribution >= 4 is 62.6 Å². The Hall–Kier alpha value is -2.04. The quantitative estimate of drug-likeness (QED) is 0.492. The minimum atomic E-state index is -0.119. The maximum Gasteiger partial charge on any atom is 0.234 e. The summed E-state index contributed by atoms with van der Waals surface area (Å²) in [4.78, 5) is 12.1. The Labute approximate surface area is 144 Å². The Morgan fingerprint density at radius 3 is 3.13 bits per heavy atom. The van der Waals surface area contributed by atoms with Crippen LogP contribution in [0, 0.1) is 0 Å². The van der Waals surface area contributed by atoms with Crippen LogP contribution in [0.4, 0.5) is 10.8 Å². The Balaban J connectivity index is 1.56. The number of nitrogens with one attached hydrogen (secondary N) is 2. The summed E-state index contributed by atoms with van der Waals surface area (Å²) in [5, 5.41) is 14.6. The molecular weight excluding hydrogens is 352 g/mol. The van der Waals surface area contributed by atoms with E-state index >= 15 is 0 Å². The molecule has 0 atom stereocenters. The zero-order valence-corrected chi connectivity index (χ0v) is 14.3. The van der Waals surface area contributed by atoms with E-state index in [0.29, 0.717) is 22.9 Å². The lowest BCUT2D eigenvalue weighted by atomic mass is 10.2. The summed E-state index contributed by atoms with van der Waals surface area (Å²) in [6, 6.07) is 5.52. The minimum absolute atomic E-state index is 0.119. The van der Waals surface area contributed by atoms with Crippen LogP contribution in [-0.4, -0.2) is 37.1 Å². The van der Waals surface area contributed by atoms with Gasteiger partial charge in [-0.25, -0.2) is 0 Å². The van der Waals surface area contributed by atoms with Gasteiger partial charge in [0.25, 0.3) is 0 Å². The fourth-order valence-corrected chi connectivity index (χ4v) is 3.83. The summed E-state index contributed by atoms with van der Waals surface area (Å²) in [5.74, 6) is 0.135. The molecule has 1 aromatic carbocycles. The third-order valence-corrected chi connectivity index (χ3v) is 5.25. The number of hydrogen-bond acceptors (Lipinski definition) is 9. The van der Waals surface area contributed by atoms with Gasteiger partial charge in [-0.3, -0.25) is 4.79 Å². The number of benzene rings is 1. The van der Waals surface area contributed by atoms with Gasteiger partial charge in [-0.1, -0.05) is 35.2 Å². The molecule has 118 valence electrons. The van der Waals surface area contributed by atoms with Crippen LogP contribution in [0.1, 0.15) is 0 Å². The van der Waals surface area contributed by atoms with Crippen molar-refractivity contribution in [1.29, 1.82) is 0 Å². The number of amides is 1. The lowest BCUT2D eigenvalue weighted by molar-refractivity contribution is -0.113. The lowest BCUT2D eigenvalue weighted by Crippen LogP contribution is -2.14. The van der Waals surface area contributed by atoms with Crippen LogP contribution >= 0.6 is 34.8 Å². The molecule has 0 saturated carbocycles. The monoisotopic (exact) mass is 364 g/mol. The van der Waals surface area contributed by atoms with E-state index in [2.05, 4.69) is 36.2 Å². The van der Waals surface area contributed by atoms with E-state index in [9.17, 15) is 4.79 Å². The van der Waals surface area contributed by atoms with Gasteiger partial charge in [-0.15, -0.1) is 16.8 Å². The molecule has 0 saturated heterocycles. The number of thioether (sulfide) groups is 1. The summed E-state index contributed by atoms with van der Waals surface area (Å²) < 4.78 is 9.08. The van der Waals surface area contributed by atoms with E-state index < -0.39 is 0 Å². The molecule has 10 heteroatoms. The van der Waals surface area contributed by atoms with Crippen molar-refractivity contribution < 1.29 is 4.79 Å². The second kappa shape index (κ2) is 7.49. The third-order valence-electron chi connectivity index (χ3n) is 2.69. The van der Waals surface area contributed by atoms with Gasteiger partial charge in [-0.2, -0.15) is 8.75 Å². The number of carbonyl (C=O) groups excluding carboxylic acids is 1. The highest BCUT2D eigenvalue weighted by Gasteiger charge is 2.11. The Morgan fingerprint density at radius 2 is 2.26 bits per heavy atom. The van der Waals surface area contributed by atoms with Crippen LogP contribution in [0.5, 0.6) is 0 Å². The predicted molar refractivity (Wildman–Crippen MR) is 95.4 cm³/mol. The van der Waals surface area contributed by atoms with E-state index in [1.807, 2.05) is 18.2 Å². The highest BCUT2D eigenvalue weighted by molar-refractivity contribution is 8.01. The van der Waals surface area contributed by atoms with Gasteiger partial charge in [0.2, 0.25) is 11.0 Å². The number of aromatic nitrogens is 4. The zero-order valence-electron chi connectivity index (χ0n) is 11.9. The first kappa shape index (κ1) is 15.8. The van der Waals surface area contributed by atoms with Crippen LogP contribution in [-0.2, 0) is 4.79 Å². The Kier molecular flexibility index (Phi) is 5.16. The average molecular weight is 364 g/mol. The molecule has 0 fully saturated rings. The minimum Gasteiger partial charge on any atom is -0.357 e. The first-order chi connectivity index (χ1) is 11.3. The lowest BCUT2D eigenvalue weighted by Gasteiger charge is -2.04. The van der Waals surface area contributed by atoms with Gasteiger partial charge < -0.3 is 10.6 Å². The summed E-state index contributed by atoms with van der Waals surface area (Å²) in [5.41, 5.74) is 2.16. The summed E-state index contributed by atoms with van der Waals surface area (Å²) >= 11 is 3.88. The molecule has 2 heterocycles. The molecule has 0 radical (unpaired) electrons. The molecule has 2 aromatic heterocycles. The van der Waals surface area contributed by atoms with E-state index in [1.54, 1.807) is 6.08 Å². The van der Waals surface area contributed by atoms with Crippen LogP contribution in [0.15, 0.2) is 35.2 Å². The number of fused-ring (bicyclic) bond motifs is 1. The molecule has 0 unspecified atom stereocenters. The van der Waals surface area contributed by atoms with Gasteiger partial charge in [0, 0.05) is 6.54 Å². The molecule has 3 rings (SSSR count). The van der Waals surface area contributed by atoms with Crippen LogP contribution in [0.3, 0.4) is 0 Å². The molecule has 0 aliphatic rings. The Bertz CT molecular complexity index is 830. The van der Waals surface area contributed by atoms with Crippen molar-refractivity contribution in [2.75, 3.05) is 22.9 Å². The van der Waals surface area contributed by atoms with Gasteiger partial charge >= 0.3 is 0 Å². The zero-order chi connectivity index (χ0) is 16.1. The normalized spacial score (nSPS) is 10.6. The molecule has 7 nitrogen and oxygen atoms in total. The van der Waals surface area contributed by atoms with Crippen molar-refractivity contribution in [3.05, 3.63) is 30.9 Å². The second-order valence-corrected chi connectivity index (χ2v) is 7.05. The Morgan fingerprint density at radius 1 is 1.35 bits per heavy atom. The van der Waals surface area contributed by atoms with E-state index in [4.69, 9.17) is 0 Å². The molecule has 0 aliphatic carbocycles. The molecule has 0 aliphatic heterocycles. The number of carbonyl (C=O) groups is 1. The summed E-state index contributed by atoms with van der Waals surface area (Å²) in [7, 11) is 0. The fourth-order valence-electron chi connectivity index (χ4n) is 1.72. The van der Waals surface area contributed by atoms with Crippen molar-refractivity contribution in [1.82, 2.24) is 18.9 Å². The average Bonchev–Trinajstić information content (AvgIpc) is 3.20. The molecule has 23 heavy (non-hydrogen) atoms. The first-order valence-electron chi connectivity index (χ1n) is 6.58. The molecule has 0 spiro atoms. The molecule has 2 N–H and O–H groups in total. The fraction of sp³-hybridized carbons (Fsp3) is 0.154. The summed E-state index contributed by atoms with van der Waals surface area (Å²) in [6.45, 7) is 4.26. The van der Waals surface area contributed by atoms with Gasteiger partial charge in [0.1, 0.15) is 11.0 Å². The summed E-state index contributed by atoms with van der Waals surface area (Å²) in [6.07, 6.45) is 1.75. The van der Waals surface area contributed by atoms with Crippen molar-refractivity contribution in [2.45, 2.75) is 4.34 Å². The first-order valence-corrected chi connectivity index (χ1v) is 9.11. The maximum absolute atomic E-state index is 12.1. The highest BCUT2D eigenvalue weighted by atomic mass is 32.2. The van der Waals surface area contributed by atoms with Crippen LogP contribution < -0.4 is 10.6 Å².